The lowest BCUT2D eigenvalue weighted by atomic mass is 10.1. The van der Waals surface area contributed by atoms with Crippen molar-refractivity contribution in [3.05, 3.63) is 59.9 Å². The van der Waals surface area contributed by atoms with E-state index in [4.69, 9.17) is 0 Å². The number of ether oxygens (including phenoxy) is 1. The van der Waals surface area contributed by atoms with Crippen LogP contribution in [0, 0.1) is 0 Å². The van der Waals surface area contributed by atoms with Gasteiger partial charge in [-0.05, 0) is 54.5 Å². The number of carbonyl (C=O) groups excluding carboxylic acids is 2. The molecule has 2 heterocycles. The molecular weight excluding hydrogens is 292 g/mol. The average molecular weight is 308 g/mol. The standard InChI is InChI=1S/C18H16N2O3/c1-13(21)3-4-14-7-9-19-16(11-14)17-12-15(8-10-20-17)5-6-18(22)23-2/h3-12H,1-2H3/b4-3+,6-5+. The monoisotopic (exact) mass is 308 g/mol. The number of pyridine rings is 2. The van der Waals surface area contributed by atoms with E-state index >= 15 is 0 Å². The molecule has 0 aromatic carbocycles. The van der Waals surface area contributed by atoms with Crippen LogP contribution in [0.15, 0.2) is 48.8 Å². The average Bonchev–Trinajstić information content (AvgIpc) is 2.58. The molecule has 2 aromatic rings. The van der Waals surface area contributed by atoms with Gasteiger partial charge in [0.15, 0.2) is 5.78 Å². The van der Waals surface area contributed by atoms with Gasteiger partial charge in [-0.1, -0.05) is 6.08 Å². The first-order valence-electron chi connectivity index (χ1n) is 6.95. The SMILES string of the molecule is COC(=O)/C=C/c1ccnc(-c2cc(/C=C/C(C)=O)ccn2)c1. The van der Waals surface area contributed by atoms with Gasteiger partial charge in [-0.3, -0.25) is 14.8 Å². The highest BCUT2D eigenvalue weighted by molar-refractivity contribution is 5.91. The Labute approximate surface area is 134 Å². The molecule has 0 radical (unpaired) electrons. The summed E-state index contributed by atoms with van der Waals surface area (Å²) in [7, 11) is 1.33. The van der Waals surface area contributed by atoms with E-state index in [-0.39, 0.29) is 5.78 Å². The van der Waals surface area contributed by atoms with Crippen LogP contribution in [0.5, 0.6) is 0 Å². The molecule has 2 aromatic heterocycles. The minimum Gasteiger partial charge on any atom is -0.466 e. The highest BCUT2D eigenvalue weighted by Gasteiger charge is 2.02. The summed E-state index contributed by atoms with van der Waals surface area (Å²) in [6.07, 6.45) is 9.53. The third-order valence-corrected chi connectivity index (χ3v) is 2.95. The number of nitrogens with zero attached hydrogens (tertiary/aromatic N) is 2. The van der Waals surface area contributed by atoms with Gasteiger partial charge in [-0.15, -0.1) is 0 Å². The molecule has 0 unspecified atom stereocenters. The van der Waals surface area contributed by atoms with Crippen molar-refractivity contribution in [1.29, 1.82) is 0 Å². The number of rotatable bonds is 5. The summed E-state index contributed by atoms with van der Waals surface area (Å²) in [5.74, 6) is -0.436. The second-order valence-corrected chi connectivity index (χ2v) is 4.75. The first kappa shape index (κ1) is 16.3. The molecule has 0 atom stereocenters. The van der Waals surface area contributed by atoms with E-state index in [1.165, 1.54) is 26.2 Å². The maximum atomic E-state index is 11.1. The van der Waals surface area contributed by atoms with Crippen molar-refractivity contribution in [3.63, 3.8) is 0 Å². The normalized spacial score (nSPS) is 11.0. The molecule has 116 valence electrons. The van der Waals surface area contributed by atoms with E-state index in [1.54, 1.807) is 30.6 Å². The van der Waals surface area contributed by atoms with Crippen LogP contribution in [0.25, 0.3) is 23.5 Å². The van der Waals surface area contributed by atoms with Crippen LogP contribution >= 0.6 is 0 Å². The number of allylic oxidation sites excluding steroid dienone is 1. The largest absolute Gasteiger partial charge is 0.466 e. The lowest BCUT2D eigenvalue weighted by molar-refractivity contribution is -0.134. The van der Waals surface area contributed by atoms with Crippen LogP contribution in [-0.4, -0.2) is 28.8 Å². The summed E-state index contributed by atoms with van der Waals surface area (Å²) in [4.78, 5) is 30.7. The number of ketones is 1. The quantitative estimate of drug-likeness (QED) is 0.627. The molecule has 0 bridgehead atoms. The lowest BCUT2D eigenvalue weighted by Crippen LogP contribution is -1.93. The highest BCUT2D eigenvalue weighted by Crippen LogP contribution is 2.18. The molecular formula is C18H16N2O3. The maximum Gasteiger partial charge on any atom is 0.330 e. The van der Waals surface area contributed by atoms with Gasteiger partial charge in [-0.2, -0.15) is 0 Å². The topological polar surface area (TPSA) is 69.2 Å². The minimum atomic E-state index is -0.419. The first-order valence-corrected chi connectivity index (χ1v) is 6.95. The van der Waals surface area contributed by atoms with Crippen molar-refractivity contribution < 1.29 is 14.3 Å². The van der Waals surface area contributed by atoms with Crippen LogP contribution in [0.2, 0.25) is 0 Å². The molecule has 5 heteroatoms. The number of esters is 1. The van der Waals surface area contributed by atoms with Crippen molar-refractivity contribution in [2.75, 3.05) is 7.11 Å². The summed E-state index contributed by atoms with van der Waals surface area (Å²) in [6.45, 7) is 1.50. The van der Waals surface area contributed by atoms with Crippen molar-refractivity contribution in [2.24, 2.45) is 0 Å². The smallest absolute Gasteiger partial charge is 0.330 e. The number of aromatic nitrogens is 2. The lowest BCUT2D eigenvalue weighted by Gasteiger charge is -2.02. The molecule has 2 rings (SSSR count). The second-order valence-electron chi connectivity index (χ2n) is 4.75. The second kappa shape index (κ2) is 7.79. The Kier molecular flexibility index (Phi) is 5.52. The molecule has 0 N–H and O–H groups in total. The minimum absolute atomic E-state index is 0.0172. The third-order valence-electron chi connectivity index (χ3n) is 2.95. The molecule has 0 aliphatic rings. The van der Waals surface area contributed by atoms with Crippen LogP contribution in [0.3, 0.4) is 0 Å². The van der Waals surface area contributed by atoms with Gasteiger partial charge in [0, 0.05) is 18.5 Å². The number of hydrogen-bond donors (Lipinski definition) is 0. The molecule has 0 amide bonds. The summed E-state index contributed by atoms with van der Waals surface area (Å²) < 4.78 is 4.56. The van der Waals surface area contributed by atoms with E-state index in [9.17, 15) is 9.59 Å². The summed E-state index contributed by atoms with van der Waals surface area (Å²) in [5.41, 5.74) is 3.04. The van der Waals surface area contributed by atoms with Gasteiger partial charge < -0.3 is 4.74 Å². The zero-order chi connectivity index (χ0) is 16.7. The Balaban J connectivity index is 2.28. The fraction of sp³-hybridized carbons (Fsp3) is 0.111. The van der Waals surface area contributed by atoms with Gasteiger partial charge in [0.05, 0.1) is 18.5 Å². The van der Waals surface area contributed by atoms with Gasteiger partial charge >= 0.3 is 5.97 Å². The zero-order valence-corrected chi connectivity index (χ0v) is 12.9. The fourth-order valence-corrected chi connectivity index (χ4v) is 1.83. The van der Waals surface area contributed by atoms with Crippen LogP contribution < -0.4 is 0 Å². The van der Waals surface area contributed by atoms with Crippen molar-refractivity contribution in [2.45, 2.75) is 6.92 Å². The van der Waals surface area contributed by atoms with E-state index in [0.717, 1.165) is 11.1 Å². The Morgan fingerprint density at radius 3 is 1.96 bits per heavy atom. The van der Waals surface area contributed by atoms with Gasteiger partial charge in [0.2, 0.25) is 0 Å². The first-order chi connectivity index (χ1) is 11.1. The summed E-state index contributed by atoms with van der Waals surface area (Å²) in [6, 6.07) is 7.25. The number of hydrogen-bond acceptors (Lipinski definition) is 5. The Hall–Kier alpha value is -3.08. The Morgan fingerprint density at radius 2 is 1.48 bits per heavy atom. The third kappa shape index (κ3) is 5.00. The van der Waals surface area contributed by atoms with E-state index < -0.39 is 5.97 Å². The van der Waals surface area contributed by atoms with Gasteiger partial charge in [0.25, 0.3) is 0 Å². The molecule has 23 heavy (non-hydrogen) atoms. The number of carbonyl (C=O) groups is 2. The summed E-state index contributed by atoms with van der Waals surface area (Å²) in [5, 5.41) is 0. The molecule has 0 aliphatic heterocycles. The fourth-order valence-electron chi connectivity index (χ4n) is 1.83. The summed E-state index contributed by atoms with van der Waals surface area (Å²) >= 11 is 0. The molecule has 5 nitrogen and oxygen atoms in total. The van der Waals surface area contributed by atoms with Crippen molar-refractivity contribution in [3.8, 4) is 11.4 Å². The molecule has 0 spiro atoms. The number of methoxy groups -OCH3 is 1. The van der Waals surface area contributed by atoms with Crippen LogP contribution in [0.1, 0.15) is 18.1 Å². The van der Waals surface area contributed by atoms with E-state index in [0.29, 0.717) is 11.4 Å². The zero-order valence-electron chi connectivity index (χ0n) is 12.9. The molecule has 0 saturated heterocycles. The van der Waals surface area contributed by atoms with E-state index in [1.807, 2.05) is 18.2 Å². The predicted octanol–water partition coefficient (Wildman–Crippen LogP) is 2.93. The van der Waals surface area contributed by atoms with Gasteiger partial charge in [-0.25, -0.2) is 4.79 Å². The van der Waals surface area contributed by atoms with E-state index in [2.05, 4.69) is 14.7 Å². The molecule has 0 saturated carbocycles. The predicted molar refractivity (Wildman–Crippen MR) is 88.2 cm³/mol. The van der Waals surface area contributed by atoms with Crippen molar-refractivity contribution >= 4 is 23.9 Å². The Bertz CT molecular complexity index is 779. The van der Waals surface area contributed by atoms with Crippen LogP contribution in [-0.2, 0) is 14.3 Å². The Morgan fingerprint density at radius 1 is 0.957 bits per heavy atom. The van der Waals surface area contributed by atoms with Crippen molar-refractivity contribution in [1.82, 2.24) is 9.97 Å². The van der Waals surface area contributed by atoms with Gasteiger partial charge in [0.1, 0.15) is 0 Å². The molecule has 0 fully saturated rings. The highest BCUT2D eigenvalue weighted by atomic mass is 16.5. The molecule has 0 aliphatic carbocycles. The van der Waals surface area contributed by atoms with Crippen LogP contribution in [0.4, 0.5) is 0 Å². The maximum absolute atomic E-state index is 11.1.